The number of allylic oxidation sites excluding steroid dienone is 8. The third-order valence-corrected chi connectivity index (χ3v) is 15.9. The molecule has 2 unspecified atom stereocenters. The Balaban J connectivity index is 0.00000420. The van der Waals surface area contributed by atoms with E-state index >= 15 is 0 Å². The van der Waals surface area contributed by atoms with Gasteiger partial charge >= 0.3 is 170 Å². The van der Waals surface area contributed by atoms with Crippen molar-refractivity contribution in [3.63, 3.8) is 0 Å². The van der Waals surface area contributed by atoms with Gasteiger partial charge in [-0.15, -0.1) is 24.8 Å². The summed E-state index contributed by atoms with van der Waals surface area (Å²) < 4.78 is 82.1. The van der Waals surface area contributed by atoms with Crippen LogP contribution in [0, 0.1) is 11.8 Å². The second-order valence-electron chi connectivity index (χ2n) is 7.88. The molecule has 2 atom stereocenters. The van der Waals surface area contributed by atoms with Crippen LogP contribution < -0.4 is 0 Å². The van der Waals surface area contributed by atoms with E-state index in [2.05, 4.69) is 0 Å². The van der Waals surface area contributed by atoms with Crippen molar-refractivity contribution in [1.29, 1.82) is 0 Å². The van der Waals surface area contributed by atoms with Gasteiger partial charge < -0.3 is 0 Å². The van der Waals surface area contributed by atoms with Crippen LogP contribution in [0.1, 0.15) is 55.4 Å². The van der Waals surface area contributed by atoms with Crippen molar-refractivity contribution in [2.75, 3.05) is 0 Å². The largest absolute Gasteiger partial charge is 0.147 e. The third kappa shape index (κ3) is 4.93. The molecule has 2 rings (SSSR count). The fourth-order valence-electron chi connectivity index (χ4n) is 4.39. The van der Waals surface area contributed by atoms with Crippen molar-refractivity contribution in [3.05, 3.63) is 40.0 Å². The normalized spacial score (nSPS) is 22.6. The molecule has 0 fully saturated rings. The molecule has 0 spiro atoms. The van der Waals surface area contributed by atoms with Gasteiger partial charge in [-0.2, -0.15) is 0 Å². The molecule has 0 saturated heterocycles. The van der Waals surface area contributed by atoms with Gasteiger partial charge in [-0.25, -0.2) is 0 Å². The van der Waals surface area contributed by atoms with Gasteiger partial charge in [0.2, 0.25) is 0 Å². The van der Waals surface area contributed by atoms with Crippen LogP contribution >= 0.6 is 24.8 Å². The van der Waals surface area contributed by atoms with Gasteiger partial charge in [0, 0.05) is 0 Å². The number of halogens is 8. The van der Waals surface area contributed by atoms with E-state index in [-0.39, 0.29) is 36.6 Å². The van der Waals surface area contributed by atoms with Crippen LogP contribution in [0.4, 0.5) is 26.3 Å². The zero-order valence-corrected chi connectivity index (χ0v) is 22.3. The zero-order chi connectivity index (χ0) is 21.9. The average molecular weight is 557 g/mol. The van der Waals surface area contributed by atoms with Crippen molar-refractivity contribution >= 4 is 28.0 Å². The van der Waals surface area contributed by atoms with E-state index in [1.807, 2.05) is 13.8 Å². The molecular weight excluding hydrogens is 528 g/mol. The van der Waals surface area contributed by atoms with Gasteiger partial charge in [-0.1, -0.05) is 0 Å². The molecule has 2 aliphatic carbocycles. The maximum Gasteiger partial charge on any atom is -0.147 e. The van der Waals surface area contributed by atoms with E-state index in [1.54, 1.807) is 41.5 Å². The van der Waals surface area contributed by atoms with Crippen LogP contribution in [-0.4, -0.2) is 15.6 Å². The molecule has 0 heterocycles. The van der Waals surface area contributed by atoms with Crippen molar-refractivity contribution < 1.29 is 47.6 Å². The van der Waals surface area contributed by atoms with Crippen LogP contribution in [0.3, 0.4) is 0 Å². The zero-order valence-electron chi connectivity index (χ0n) is 18.2. The average Bonchev–Trinajstić information content (AvgIpc) is 2.84. The first-order valence-electron chi connectivity index (χ1n) is 9.19. The minimum atomic E-state index is -5.39. The molecule has 0 aromatic rings. The summed E-state index contributed by atoms with van der Waals surface area (Å²) in [5, 5.41) is 0. The second-order valence-corrected chi connectivity index (χ2v) is 13.6. The Hall–Kier alpha value is -0.127. The molecule has 0 aromatic heterocycles. The Morgan fingerprint density at radius 2 is 0.867 bits per heavy atom. The van der Waals surface area contributed by atoms with Crippen LogP contribution in [0.25, 0.3) is 0 Å². The molecule has 0 saturated carbocycles. The number of alkyl halides is 6. The summed E-state index contributed by atoms with van der Waals surface area (Å²) in [6.45, 7) is 14.1. The fraction of sp³-hybridized carbons (Fsp3) is 0.571. The summed E-state index contributed by atoms with van der Waals surface area (Å²) in [6.07, 6.45) is -10.8. The first kappa shape index (κ1) is 29.9. The molecule has 0 amide bonds. The fourth-order valence-corrected chi connectivity index (χ4v) is 13.8. The quantitative estimate of drug-likeness (QED) is 0.301. The maximum absolute atomic E-state index is 13.9. The van der Waals surface area contributed by atoms with Crippen LogP contribution in [0.15, 0.2) is 40.0 Å². The van der Waals surface area contributed by atoms with E-state index in [1.165, 1.54) is 0 Å². The predicted molar refractivity (Wildman–Crippen MR) is 112 cm³/mol. The topological polar surface area (TPSA) is 0 Å². The van der Waals surface area contributed by atoms with Crippen molar-refractivity contribution in [2.45, 2.75) is 67.7 Å². The smallest absolute Gasteiger partial charge is 0.147 e. The summed E-state index contributed by atoms with van der Waals surface area (Å²) >= 11 is -4.54. The second kappa shape index (κ2) is 9.79. The van der Waals surface area contributed by atoms with Crippen LogP contribution in [-0.2, 0) is 21.3 Å². The van der Waals surface area contributed by atoms with Crippen molar-refractivity contribution in [2.24, 2.45) is 11.8 Å². The van der Waals surface area contributed by atoms with E-state index in [9.17, 15) is 26.3 Å². The molecule has 2 aliphatic rings. The molecule has 9 heteroatoms. The molecule has 0 nitrogen and oxygen atoms in total. The summed E-state index contributed by atoms with van der Waals surface area (Å²) in [5.41, 5.74) is 4.66. The summed E-state index contributed by atoms with van der Waals surface area (Å²) in [5.74, 6) is -0.773. The van der Waals surface area contributed by atoms with E-state index in [4.69, 9.17) is 0 Å². The Morgan fingerprint density at radius 3 is 1.03 bits per heavy atom. The first-order valence-corrected chi connectivity index (χ1v) is 12.9. The molecule has 30 heavy (non-hydrogen) atoms. The molecule has 0 bridgehead atoms. The van der Waals surface area contributed by atoms with Crippen LogP contribution in [0.5, 0.6) is 0 Å². The Bertz CT molecular complexity index is 812. The standard InChI is InChI=1S/2C9H13.C3F6.2ClH.Zr/c2*1-6-5-7(2)9(4)8(6)3;4-2(5,6)1-3(7,8)9;;;/h2*6H,1-4H3;;2*1H;. The molecule has 0 N–H and O–H groups in total. The van der Waals surface area contributed by atoms with Gasteiger partial charge in [0.15, 0.2) is 0 Å². The van der Waals surface area contributed by atoms with E-state index in [0.717, 1.165) is 22.3 Å². The predicted octanol–water partition coefficient (Wildman–Crippen LogP) is 8.27. The molecule has 172 valence electrons. The SMILES string of the molecule is CC1=C(C)C(C)[C]([Zr]([C]2=C(C)C(C)=C(C)C2C)=[C](C(F)(F)F)C(F)(F)F)=C1C.Cl.Cl. The Kier molecular flexibility index (Phi) is 9.75. The molecular formula is C21H28Cl2F6Zr. The third-order valence-electron chi connectivity index (χ3n) is 6.64. The summed E-state index contributed by atoms with van der Waals surface area (Å²) in [7, 11) is 0. The number of hydrogen-bond donors (Lipinski definition) is 0. The first-order chi connectivity index (χ1) is 12.5. The van der Waals surface area contributed by atoms with Gasteiger partial charge in [-0.05, 0) is 0 Å². The minimum Gasteiger partial charge on any atom is -0.147 e. The van der Waals surface area contributed by atoms with Gasteiger partial charge in [0.05, 0.1) is 0 Å². The number of rotatable bonds is 2. The number of hydrogen-bond acceptors (Lipinski definition) is 0. The summed E-state index contributed by atoms with van der Waals surface area (Å²) in [6, 6.07) is 0. The Morgan fingerprint density at radius 1 is 0.600 bits per heavy atom. The molecule has 0 radical (unpaired) electrons. The van der Waals surface area contributed by atoms with Crippen LogP contribution in [0.2, 0.25) is 0 Å². The monoisotopic (exact) mass is 554 g/mol. The summed E-state index contributed by atoms with van der Waals surface area (Å²) in [4.78, 5) is 0. The van der Waals surface area contributed by atoms with E-state index < -0.39 is 36.8 Å². The molecule has 0 aliphatic heterocycles. The minimum absolute atomic E-state index is 0. The van der Waals surface area contributed by atoms with Gasteiger partial charge in [-0.3, -0.25) is 0 Å². The van der Waals surface area contributed by atoms with Crippen molar-refractivity contribution in [3.8, 4) is 0 Å². The van der Waals surface area contributed by atoms with E-state index in [0.29, 0.717) is 17.7 Å². The molecule has 0 aromatic carbocycles. The van der Waals surface area contributed by atoms with Gasteiger partial charge in [0.1, 0.15) is 0 Å². The van der Waals surface area contributed by atoms with Gasteiger partial charge in [0.25, 0.3) is 0 Å². The maximum atomic E-state index is 13.9. The Labute approximate surface area is 194 Å². The van der Waals surface area contributed by atoms with Crippen molar-refractivity contribution in [1.82, 2.24) is 0 Å².